The average Bonchev–Trinajstić information content (AvgIpc) is 2.09. The van der Waals surface area contributed by atoms with Gasteiger partial charge >= 0.3 is 0 Å². The molecule has 0 aliphatic carbocycles. The lowest BCUT2D eigenvalue weighted by Crippen LogP contribution is -2.23. The second-order valence-electron chi connectivity index (χ2n) is 2.99. The summed E-state index contributed by atoms with van der Waals surface area (Å²) in [6.07, 6.45) is 0. The van der Waals surface area contributed by atoms with Gasteiger partial charge in [-0.25, -0.2) is 4.39 Å². The van der Waals surface area contributed by atoms with Crippen LogP contribution in [0.1, 0.15) is 6.92 Å². The monoisotopic (exact) mass is 281 g/mol. The Kier molecular flexibility index (Phi) is 4.16. The number of nitrogens with two attached hydrogens (primary N) is 1. The van der Waals surface area contributed by atoms with Gasteiger partial charge in [-0.15, -0.1) is 0 Å². The first kappa shape index (κ1) is 11.8. The molecular formula is C9H10BrClFNO. The molecule has 1 aromatic carbocycles. The zero-order chi connectivity index (χ0) is 10.7. The van der Waals surface area contributed by atoms with E-state index in [1.807, 2.05) is 0 Å². The van der Waals surface area contributed by atoms with Gasteiger partial charge in [-0.1, -0.05) is 11.6 Å². The van der Waals surface area contributed by atoms with E-state index in [0.29, 0.717) is 16.8 Å². The Hall–Kier alpha value is -0.320. The summed E-state index contributed by atoms with van der Waals surface area (Å²) in [5.74, 6) is -0.0984. The lowest BCUT2D eigenvalue weighted by molar-refractivity contribution is 0.293. The minimum absolute atomic E-state index is 0.0602. The second-order valence-corrected chi connectivity index (χ2v) is 4.25. The number of halogens is 3. The molecule has 1 atom stereocenters. The van der Waals surface area contributed by atoms with Gasteiger partial charge in [-0.05, 0) is 28.9 Å². The zero-order valence-corrected chi connectivity index (χ0v) is 9.90. The Balaban J connectivity index is 2.82. The van der Waals surface area contributed by atoms with Gasteiger partial charge in [0.05, 0.1) is 9.50 Å². The van der Waals surface area contributed by atoms with E-state index < -0.39 is 5.82 Å². The van der Waals surface area contributed by atoms with Crippen LogP contribution in [-0.2, 0) is 0 Å². The quantitative estimate of drug-likeness (QED) is 0.865. The standard InChI is InChI=1S/C9H10BrClFNO/c1-5(13)4-14-9-3-8(12)7(11)2-6(9)10/h2-3,5H,4,13H2,1H3. The molecule has 0 heterocycles. The van der Waals surface area contributed by atoms with Crippen LogP contribution in [0.4, 0.5) is 4.39 Å². The Bertz CT molecular complexity index is 333. The highest BCUT2D eigenvalue weighted by Gasteiger charge is 2.08. The molecule has 0 aliphatic heterocycles. The summed E-state index contributed by atoms with van der Waals surface area (Å²) in [5, 5.41) is 0.0602. The van der Waals surface area contributed by atoms with Gasteiger partial charge in [0, 0.05) is 12.1 Å². The maximum absolute atomic E-state index is 13.0. The molecule has 0 saturated carbocycles. The molecule has 78 valence electrons. The highest BCUT2D eigenvalue weighted by molar-refractivity contribution is 9.10. The van der Waals surface area contributed by atoms with Crippen molar-refractivity contribution in [1.29, 1.82) is 0 Å². The van der Waals surface area contributed by atoms with Gasteiger partial charge in [0.15, 0.2) is 0 Å². The van der Waals surface area contributed by atoms with Gasteiger partial charge in [-0.2, -0.15) is 0 Å². The molecule has 0 aromatic heterocycles. The van der Waals surface area contributed by atoms with Crippen LogP contribution < -0.4 is 10.5 Å². The Labute approximate surface area is 95.3 Å². The number of rotatable bonds is 3. The minimum atomic E-state index is -0.505. The summed E-state index contributed by atoms with van der Waals surface area (Å²) in [5.41, 5.74) is 5.50. The molecule has 2 nitrogen and oxygen atoms in total. The molecule has 0 spiro atoms. The number of hydrogen-bond donors (Lipinski definition) is 1. The van der Waals surface area contributed by atoms with Crippen LogP contribution in [0, 0.1) is 5.82 Å². The molecule has 0 fully saturated rings. The fourth-order valence-electron chi connectivity index (χ4n) is 0.836. The van der Waals surface area contributed by atoms with E-state index in [1.54, 1.807) is 6.92 Å². The van der Waals surface area contributed by atoms with Crippen molar-refractivity contribution in [3.05, 3.63) is 27.4 Å². The van der Waals surface area contributed by atoms with Crippen LogP contribution in [0.5, 0.6) is 5.75 Å². The molecule has 2 N–H and O–H groups in total. The van der Waals surface area contributed by atoms with Crippen molar-refractivity contribution in [2.24, 2.45) is 5.73 Å². The molecule has 0 radical (unpaired) electrons. The van der Waals surface area contributed by atoms with E-state index in [1.165, 1.54) is 12.1 Å². The van der Waals surface area contributed by atoms with Crippen molar-refractivity contribution >= 4 is 27.5 Å². The lowest BCUT2D eigenvalue weighted by atomic mass is 10.3. The third-order valence-electron chi connectivity index (χ3n) is 1.48. The molecule has 0 aliphatic rings. The summed E-state index contributed by atoms with van der Waals surface area (Å²) in [4.78, 5) is 0. The third kappa shape index (κ3) is 3.12. The predicted molar refractivity (Wildman–Crippen MR) is 58.3 cm³/mol. The largest absolute Gasteiger partial charge is 0.491 e. The fraction of sp³-hybridized carbons (Fsp3) is 0.333. The minimum Gasteiger partial charge on any atom is -0.491 e. The van der Waals surface area contributed by atoms with Crippen LogP contribution in [0.3, 0.4) is 0 Å². The first-order chi connectivity index (χ1) is 6.50. The van der Waals surface area contributed by atoms with E-state index in [2.05, 4.69) is 15.9 Å². The molecule has 0 saturated heterocycles. The molecule has 1 aromatic rings. The Morgan fingerprint density at radius 3 is 2.86 bits per heavy atom. The van der Waals surface area contributed by atoms with E-state index in [4.69, 9.17) is 22.1 Å². The average molecular weight is 283 g/mol. The molecule has 0 amide bonds. The summed E-state index contributed by atoms with van der Waals surface area (Å²) in [6.45, 7) is 2.14. The van der Waals surface area contributed by atoms with Crippen molar-refractivity contribution in [2.75, 3.05) is 6.61 Å². The van der Waals surface area contributed by atoms with Crippen LogP contribution in [0.25, 0.3) is 0 Å². The molecule has 1 unspecified atom stereocenters. The molecule has 5 heteroatoms. The molecule has 0 bridgehead atoms. The maximum Gasteiger partial charge on any atom is 0.145 e. The van der Waals surface area contributed by atoms with Crippen molar-refractivity contribution in [1.82, 2.24) is 0 Å². The summed E-state index contributed by atoms with van der Waals surface area (Å²) < 4.78 is 18.9. The molecule has 14 heavy (non-hydrogen) atoms. The van der Waals surface area contributed by atoms with Gasteiger partial charge in [0.25, 0.3) is 0 Å². The van der Waals surface area contributed by atoms with Crippen LogP contribution in [0.15, 0.2) is 16.6 Å². The molecule has 1 rings (SSSR count). The highest BCUT2D eigenvalue weighted by Crippen LogP contribution is 2.30. The van der Waals surface area contributed by atoms with Gasteiger partial charge in [0.2, 0.25) is 0 Å². The van der Waals surface area contributed by atoms with Crippen molar-refractivity contribution in [3.63, 3.8) is 0 Å². The van der Waals surface area contributed by atoms with Gasteiger partial charge in [-0.3, -0.25) is 0 Å². The normalized spacial score (nSPS) is 12.6. The van der Waals surface area contributed by atoms with Crippen molar-refractivity contribution in [2.45, 2.75) is 13.0 Å². The van der Waals surface area contributed by atoms with Gasteiger partial charge < -0.3 is 10.5 Å². The van der Waals surface area contributed by atoms with E-state index >= 15 is 0 Å². The zero-order valence-electron chi connectivity index (χ0n) is 7.56. The Morgan fingerprint density at radius 2 is 2.29 bits per heavy atom. The van der Waals surface area contributed by atoms with Crippen molar-refractivity contribution < 1.29 is 9.13 Å². The van der Waals surface area contributed by atoms with E-state index in [-0.39, 0.29) is 11.1 Å². The fourth-order valence-corrected chi connectivity index (χ4v) is 1.59. The SMILES string of the molecule is CC(N)COc1cc(F)c(Cl)cc1Br. The van der Waals surface area contributed by atoms with Crippen molar-refractivity contribution in [3.8, 4) is 5.75 Å². The highest BCUT2D eigenvalue weighted by atomic mass is 79.9. The smallest absolute Gasteiger partial charge is 0.145 e. The maximum atomic E-state index is 13.0. The van der Waals surface area contributed by atoms with Crippen LogP contribution in [-0.4, -0.2) is 12.6 Å². The predicted octanol–water partition coefficient (Wildman–Crippen LogP) is 2.97. The first-order valence-electron chi connectivity index (χ1n) is 4.03. The molecular weight excluding hydrogens is 272 g/mol. The van der Waals surface area contributed by atoms with Gasteiger partial charge in [0.1, 0.15) is 18.2 Å². The Morgan fingerprint density at radius 1 is 1.64 bits per heavy atom. The summed E-state index contributed by atoms with van der Waals surface area (Å²) in [6, 6.07) is 2.59. The van der Waals surface area contributed by atoms with E-state index in [9.17, 15) is 4.39 Å². The number of hydrogen-bond acceptors (Lipinski definition) is 2. The van der Waals surface area contributed by atoms with Crippen LogP contribution >= 0.6 is 27.5 Å². The van der Waals surface area contributed by atoms with E-state index in [0.717, 1.165) is 0 Å². The topological polar surface area (TPSA) is 35.2 Å². The first-order valence-corrected chi connectivity index (χ1v) is 5.20. The van der Waals surface area contributed by atoms with Crippen LogP contribution in [0.2, 0.25) is 5.02 Å². The lowest BCUT2D eigenvalue weighted by Gasteiger charge is -2.10. The number of benzene rings is 1. The summed E-state index contributed by atoms with van der Waals surface area (Å²) >= 11 is 8.78. The second kappa shape index (κ2) is 4.96. The number of ether oxygens (including phenoxy) is 1. The summed E-state index contributed by atoms with van der Waals surface area (Å²) in [7, 11) is 0. The third-order valence-corrected chi connectivity index (χ3v) is 2.39.